The van der Waals surface area contributed by atoms with Crippen LogP contribution in [0.4, 0.5) is 0 Å². The lowest BCUT2D eigenvalue weighted by atomic mass is 9.87. The Bertz CT molecular complexity index is 789. The Hall–Kier alpha value is -2.00. The molecule has 3 nitrogen and oxygen atoms in total. The second-order valence-corrected chi connectivity index (χ2v) is 7.06. The van der Waals surface area contributed by atoms with Crippen LogP contribution in [0, 0.1) is 0 Å². The third-order valence-electron chi connectivity index (χ3n) is 5.13. The number of fused-ring (bicyclic) bond motifs is 2. The molecular weight excluding hydrogens is 322 g/mol. The van der Waals surface area contributed by atoms with Gasteiger partial charge < -0.3 is 9.64 Å². The zero-order chi connectivity index (χ0) is 16.7. The number of amides is 1. The number of likely N-dealkylation sites (N-methyl/N-ethyl adjacent to an activating group) is 1. The lowest BCUT2D eigenvalue weighted by molar-refractivity contribution is -0.139. The van der Waals surface area contributed by atoms with Crippen molar-refractivity contribution in [3.8, 4) is 5.75 Å². The van der Waals surface area contributed by atoms with E-state index in [2.05, 4.69) is 24.3 Å². The van der Waals surface area contributed by atoms with Crippen molar-refractivity contribution in [2.24, 2.45) is 0 Å². The van der Waals surface area contributed by atoms with Crippen molar-refractivity contribution in [2.45, 2.75) is 37.8 Å². The highest BCUT2D eigenvalue weighted by atomic mass is 35.5. The quantitative estimate of drug-likeness (QED) is 0.820. The summed E-state index contributed by atoms with van der Waals surface area (Å²) in [7, 11) is 1.90. The van der Waals surface area contributed by atoms with Crippen LogP contribution in [-0.2, 0) is 17.6 Å². The van der Waals surface area contributed by atoms with E-state index >= 15 is 0 Å². The van der Waals surface area contributed by atoms with Crippen molar-refractivity contribution >= 4 is 17.5 Å². The van der Waals surface area contributed by atoms with Crippen molar-refractivity contribution in [2.75, 3.05) is 7.05 Å². The molecule has 0 fully saturated rings. The molecule has 1 aliphatic heterocycles. The first-order valence-corrected chi connectivity index (χ1v) is 8.81. The van der Waals surface area contributed by atoms with E-state index in [0.29, 0.717) is 11.4 Å². The van der Waals surface area contributed by atoms with Crippen molar-refractivity contribution in [1.29, 1.82) is 0 Å². The monoisotopic (exact) mass is 341 g/mol. The smallest absolute Gasteiger partial charge is 0.264 e. The van der Waals surface area contributed by atoms with Crippen LogP contribution >= 0.6 is 11.6 Å². The molecule has 1 amide bonds. The minimum absolute atomic E-state index is 0.0454. The Kier molecular flexibility index (Phi) is 3.97. The molecule has 4 heteroatoms. The van der Waals surface area contributed by atoms with Gasteiger partial charge in [0.1, 0.15) is 5.75 Å². The summed E-state index contributed by atoms with van der Waals surface area (Å²) in [5, 5.41) is 0.681. The van der Waals surface area contributed by atoms with Gasteiger partial charge in [-0.15, -0.1) is 0 Å². The van der Waals surface area contributed by atoms with E-state index < -0.39 is 6.10 Å². The fourth-order valence-corrected chi connectivity index (χ4v) is 4.06. The van der Waals surface area contributed by atoms with Crippen LogP contribution in [-0.4, -0.2) is 24.0 Å². The highest BCUT2D eigenvalue weighted by Gasteiger charge is 2.35. The Morgan fingerprint density at radius 1 is 1.21 bits per heavy atom. The van der Waals surface area contributed by atoms with Gasteiger partial charge in [-0.1, -0.05) is 35.9 Å². The second-order valence-electron chi connectivity index (χ2n) is 6.62. The van der Waals surface area contributed by atoms with Crippen molar-refractivity contribution in [3.63, 3.8) is 0 Å². The zero-order valence-corrected chi connectivity index (χ0v) is 14.4. The summed E-state index contributed by atoms with van der Waals surface area (Å²) in [6.45, 7) is 0. The van der Waals surface area contributed by atoms with Crippen LogP contribution in [0.5, 0.6) is 5.75 Å². The lowest BCUT2D eigenvalue weighted by Gasteiger charge is -2.34. The summed E-state index contributed by atoms with van der Waals surface area (Å²) in [6.07, 6.45) is 3.36. The molecule has 1 aliphatic carbocycles. The van der Waals surface area contributed by atoms with Crippen LogP contribution in [0.2, 0.25) is 5.02 Å². The number of carbonyl (C=O) groups is 1. The highest BCUT2D eigenvalue weighted by molar-refractivity contribution is 6.30. The summed E-state index contributed by atoms with van der Waals surface area (Å²) in [5.41, 5.74) is 3.65. The molecule has 4 rings (SSSR count). The van der Waals surface area contributed by atoms with Crippen molar-refractivity contribution < 1.29 is 9.53 Å². The van der Waals surface area contributed by atoms with Gasteiger partial charge in [-0.2, -0.15) is 0 Å². The number of hydrogen-bond donors (Lipinski definition) is 0. The number of carbonyl (C=O) groups excluding carboxylic acids is 1. The SMILES string of the molecule is CN(C(=O)C1Cc2cc(Cl)ccc2O1)C1CCCc2ccccc21. The third-order valence-corrected chi connectivity index (χ3v) is 5.36. The molecule has 1 heterocycles. The first kappa shape index (κ1) is 15.5. The van der Waals surface area contributed by atoms with Crippen LogP contribution < -0.4 is 4.74 Å². The first-order valence-electron chi connectivity index (χ1n) is 8.43. The van der Waals surface area contributed by atoms with Crippen LogP contribution in [0.15, 0.2) is 42.5 Å². The van der Waals surface area contributed by atoms with Gasteiger partial charge in [-0.05, 0) is 54.2 Å². The Labute approximate surface area is 147 Å². The molecule has 2 aromatic rings. The summed E-state index contributed by atoms with van der Waals surface area (Å²) < 4.78 is 5.87. The van der Waals surface area contributed by atoms with E-state index in [4.69, 9.17) is 16.3 Å². The number of nitrogens with zero attached hydrogens (tertiary/aromatic N) is 1. The average Bonchev–Trinajstić information content (AvgIpc) is 3.03. The molecule has 2 atom stereocenters. The average molecular weight is 342 g/mol. The molecule has 0 aromatic heterocycles. The maximum Gasteiger partial charge on any atom is 0.264 e. The van der Waals surface area contributed by atoms with E-state index in [-0.39, 0.29) is 11.9 Å². The zero-order valence-electron chi connectivity index (χ0n) is 13.7. The van der Waals surface area contributed by atoms with Gasteiger partial charge in [0.15, 0.2) is 6.10 Å². The number of hydrogen-bond acceptors (Lipinski definition) is 2. The molecule has 0 radical (unpaired) electrons. The van der Waals surface area contributed by atoms with E-state index in [9.17, 15) is 4.79 Å². The predicted octanol–water partition coefficient (Wildman–Crippen LogP) is 4.18. The van der Waals surface area contributed by atoms with Gasteiger partial charge in [0.2, 0.25) is 0 Å². The molecule has 24 heavy (non-hydrogen) atoms. The topological polar surface area (TPSA) is 29.5 Å². The van der Waals surface area contributed by atoms with Gasteiger partial charge in [-0.3, -0.25) is 4.79 Å². The van der Waals surface area contributed by atoms with Crippen LogP contribution in [0.25, 0.3) is 0 Å². The fourth-order valence-electron chi connectivity index (χ4n) is 3.87. The molecule has 2 aliphatic rings. The molecule has 0 saturated heterocycles. The molecular formula is C20H20ClNO2. The molecule has 2 aromatic carbocycles. The lowest BCUT2D eigenvalue weighted by Crippen LogP contribution is -2.42. The summed E-state index contributed by atoms with van der Waals surface area (Å²) in [6, 6.07) is 14.1. The second kappa shape index (κ2) is 6.14. The molecule has 0 saturated carbocycles. The van der Waals surface area contributed by atoms with E-state index in [1.165, 1.54) is 11.1 Å². The normalized spacial score (nSPS) is 21.6. The molecule has 2 unspecified atom stereocenters. The van der Waals surface area contributed by atoms with Gasteiger partial charge in [0.25, 0.3) is 5.91 Å². The van der Waals surface area contributed by atoms with Gasteiger partial charge >= 0.3 is 0 Å². The molecule has 0 bridgehead atoms. The number of rotatable bonds is 2. The minimum Gasteiger partial charge on any atom is -0.480 e. The van der Waals surface area contributed by atoms with Gasteiger partial charge in [0.05, 0.1) is 6.04 Å². The van der Waals surface area contributed by atoms with E-state index in [1.54, 1.807) is 6.07 Å². The number of halogens is 1. The Morgan fingerprint density at radius 3 is 2.92 bits per heavy atom. The largest absolute Gasteiger partial charge is 0.480 e. The number of aryl methyl sites for hydroxylation is 1. The first-order chi connectivity index (χ1) is 11.6. The Morgan fingerprint density at radius 2 is 2.04 bits per heavy atom. The van der Waals surface area contributed by atoms with Crippen molar-refractivity contribution in [3.05, 3.63) is 64.2 Å². The van der Waals surface area contributed by atoms with Crippen molar-refractivity contribution in [1.82, 2.24) is 4.90 Å². The third kappa shape index (κ3) is 2.67. The fraction of sp³-hybridized carbons (Fsp3) is 0.350. The summed E-state index contributed by atoms with van der Waals surface area (Å²) in [4.78, 5) is 14.8. The standard InChI is InChI=1S/C20H20ClNO2/c1-22(17-8-4-6-13-5-2-3-7-16(13)17)20(23)19-12-14-11-15(21)9-10-18(14)24-19/h2-3,5,7,9-11,17,19H,4,6,8,12H2,1H3. The maximum absolute atomic E-state index is 13.0. The van der Waals surface area contributed by atoms with E-state index in [0.717, 1.165) is 30.6 Å². The van der Waals surface area contributed by atoms with Gasteiger partial charge in [0, 0.05) is 18.5 Å². The van der Waals surface area contributed by atoms with Crippen LogP contribution in [0.3, 0.4) is 0 Å². The number of ether oxygens (including phenoxy) is 1. The number of benzene rings is 2. The summed E-state index contributed by atoms with van der Waals surface area (Å²) >= 11 is 6.04. The van der Waals surface area contributed by atoms with E-state index in [1.807, 2.05) is 24.1 Å². The molecule has 124 valence electrons. The highest BCUT2D eigenvalue weighted by Crippen LogP contribution is 2.36. The van der Waals surface area contributed by atoms with Gasteiger partial charge in [-0.25, -0.2) is 0 Å². The van der Waals surface area contributed by atoms with Crippen LogP contribution in [0.1, 0.15) is 35.6 Å². The Balaban J connectivity index is 1.54. The summed E-state index contributed by atoms with van der Waals surface area (Å²) in [5.74, 6) is 0.819. The molecule has 0 spiro atoms. The minimum atomic E-state index is -0.447. The predicted molar refractivity (Wildman–Crippen MR) is 94.5 cm³/mol. The molecule has 0 N–H and O–H groups in total. The maximum atomic E-state index is 13.0.